The Labute approximate surface area is 123 Å². The van der Waals surface area contributed by atoms with Crippen molar-refractivity contribution in [3.8, 4) is 0 Å². The Kier molecular flexibility index (Phi) is 5.61. The normalized spacial score (nSPS) is 10.8. The van der Waals surface area contributed by atoms with Crippen molar-refractivity contribution in [2.45, 2.75) is 32.9 Å². The Bertz CT molecular complexity index is 494. The highest BCUT2D eigenvalue weighted by molar-refractivity contribution is 9.10. The number of rotatable bonds is 7. The molecule has 2 rings (SSSR count). The van der Waals surface area contributed by atoms with Gasteiger partial charge in [-0.1, -0.05) is 28.1 Å². The zero-order valence-corrected chi connectivity index (χ0v) is 12.9. The van der Waals surface area contributed by atoms with E-state index in [-0.39, 0.29) is 0 Å². The first-order chi connectivity index (χ1) is 9.25. The second-order valence-corrected chi connectivity index (χ2v) is 5.63. The molecule has 0 radical (unpaired) electrons. The standard InChI is InChI=1S/C15H20BrN3/c1-13-4-5-14(15(16)10-13)11-17-6-2-3-8-19-9-7-18-12-19/h4-5,7,9-10,12,17H,2-3,6,8,11H2,1H3. The quantitative estimate of drug-likeness (QED) is 0.791. The van der Waals surface area contributed by atoms with Crippen molar-refractivity contribution in [3.63, 3.8) is 0 Å². The number of nitrogens with one attached hydrogen (secondary N) is 1. The number of aromatic nitrogens is 2. The van der Waals surface area contributed by atoms with Gasteiger partial charge in [-0.2, -0.15) is 0 Å². The van der Waals surface area contributed by atoms with E-state index in [9.17, 15) is 0 Å². The molecule has 3 nitrogen and oxygen atoms in total. The fourth-order valence-electron chi connectivity index (χ4n) is 1.98. The molecule has 0 aliphatic carbocycles. The van der Waals surface area contributed by atoms with Crippen LogP contribution in [0.4, 0.5) is 0 Å². The van der Waals surface area contributed by atoms with Gasteiger partial charge in [0.2, 0.25) is 0 Å². The van der Waals surface area contributed by atoms with E-state index < -0.39 is 0 Å². The Hall–Kier alpha value is -1.13. The average Bonchev–Trinajstić information content (AvgIpc) is 2.89. The average molecular weight is 322 g/mol. The zero-order chi connectivity index (χ0) is 13.5. The number of hydrogen-bond acceptors (Lipinski definition) is 2. The van der Waals surface area contributed by atoms with Gasteiger partial charge < -0.3 is 9.88 Å². The molecule has 102 valence electrons. The molecule has 1 N–H and O–H groups in total. The lowest BCUT2D eigenvalue weighted by molar-refractivity contribution is 0.568. The summed E-state index contributed by atoms with van der Waals surface area (Å²) in [4.78, 5) is 4.04. The third-order valence-electron chi connectivity index (χ3n) is 3.10. The van der Waals surface area contributed by atoms with Gasteiger partial charge in [0, 0.05) is 30.0 Å². The molecule has 0 atom stereocenters. The van der Waals surface area contributed by atoms with Crippen LogP contribution in [0, 0.1) is 6.92 Å². The molecule has 0 bridgehead atoms. The van der Waals surface area contributed by atoms with Crippen LogP contribution in [0.2, 0.25) is 0 Å². The summed E-state index contributed by atoms with van der Waals surface area (Å²) < 4.78 is 3.31. The summed E-state index contributed by atoms with van der Waals surface area (Å²) in [5.74, 6) is 0. The summed E-state index contributed by atoms with van der Waals surface area (Å²) in [5, 5.41) is 3.49. The predicted octanol–water partition coefficient (Wildman–Crippen LogP) is 3.52. The van der Waals surface area contributed by atoms with Crippen molar-refractivity contribution >= 4 is 15.9 Å². The molecule has 1 aromatic heterocycles. The molecule has 0 aliphatic rings. The maximum atomic E-state index is 4.04. The lowest BCUT2D eigenvalue weighted by Gasteiger charge is -2.08. The van der Waals surface area contributed by atoms with Crippen molar-refractivity contribution in [3.05, 3.63) is 52.5 Å². The summed E-state index contributed by atoms with van der Waals surface area (Å²) in [6.45, 7) is 5.13. The monoisotopic (exact) mass is 321 g/mol. The lowest BCUT2D eigenvalue weighted by atomic mass is 10.1. The summed E-state index contributed by atoms with van der Waals surface area (Å²) in [5.41, 5.74) is 2.61. The molecule has 0 fully saturated rings. The molecule has 0 aliphatic heterocycles. The smallest absolute Gasteiger partial charge is 0.0945 e. The number of benzene rings is 1. The topological polar surface area (TPSA) is 29.9 Å². The molecule has 0 spiro atoms. The Balaban J connectivity index is 1.61. The van der Waals surface area contributed by atoms with Crippen LogP contribution in [0.1, 0.15) is 24.0 Å². The van der Waals surface area contributed by atoms with Gasteiger partial charge >= 0.3 is 0 Å². The Morgan fingerprint density at radius 2 is 2.21 bits per heavy atom. The molecule has 2 aromatic rings. The lowest BCUT2D eigenvalue weighted by Crippen LogP contribution is -2.15. The largest absolute Gasteiger partial charge is 0.337 e. The van der Waals surface area contributed by atoms with E-state index in [1.807, 2.05) is 18.7 Å². The van der Waals surface area contributed by atoms with Gasteiger partial charge in [0.05, 0.1) is 6.33 Å². The second kappa shape index (κ2) is 7.46. The van der Waals surface area contributed by atoms with Gasteiger partial charge in [0.1, 0.15) is 0 Å². The van der Waals surface area contributed by atoms with Crippen molar-refractivity contribution in [2.24, 2.45) is 0 Å². The van der Waals surface area contributed by atoms with Crippen LogP contribution in [0.25, 0.3) is 0 Å². The van der Waals surface area contributed by atoms with E-state index in [0.29, 0.717) is 0 Å². The van der Waals surface area contributed by atoms with Crippen LogP contribution < -0.4 is 5.32 Å². The first-order valence-corrected chi connectivity index (χ1v) is 7.46. The van der Waals surface area contributed by atoms with E-state index in [1.54, 1.807) is 0 Å². The van der Waals surface area contributed by atoms with Crippen LogP contribution in [0.15, 0.2) is 41.4 Å². The SMILES string of the molecule is Cc1ccc(CNCCCCn2ccnc2)c(Br)c1. The predicted molar refractivity (Wildman–Crippen MR) is 82.0 cm³/mol. The molecule has 1 heterocycles. The molecule has 4 heteroatoms. The minimum Gasteiger partial charge on any atom is -0.337 e. The van der Waals surface area contributed by atoms with Crippen molar-refractivity contribution < 1.29 is 0 Å². The van der Waals surface area contributed by atoms with E-state index in [0.717, 1.165) is 19.6 Å². The maximum absolute atomic E-state index is 4.04. The van der Waals surface area contributed by atoms with Crippen LogP contribution in [-0.4, -0.2) is 16.1 Å². The van der Waals surface area contributed by atoms with Crippen molar-refractivity contribution in [1.82, 2.24) is 14.9 Å². The van der Waals surface area contributed by atoms with E-state index >= 15 is 0 Å². The molecule has 0 saturated carbocycles. The van der Waals surface area contributed by atoms with Crippen LogP contribution >= 0.6 is 15.9 Å². The molecule has 0 amide bonds. The van der Waals surface area contributed by atoms with Gasteiger partial charge in [0.25, 0.3) is 0 Å². The summed E-state index contributed by atoms with van der Waals surface area (Å²) in [7, 11) is 0. The van der Waals surface area contributed by atoms with Gasteiger partial charge in [-0.3, -0.25) is 0 Å². The van der Waals surface area contributed by atoms with Crippen LogP contribution in [0.5, 0.6) is 0 Å². The van der Waals surface area contributed by atoms with Crippen molar-refractivity contribution in [1.29, 1.82) is 0 Å². The first-order valence-electron chi connectivity index (χ1n) is 6.67. The highest BCUT2D eigenvalue weighted by Crippen LogP contribution is 2.17. The fourth-order valence-corrected chi connectivity index (χ4v) is 2.62. The molecule has 1 aromatic carbocycles. The fraction of sp³-hybridized carbons (Fsp3) is 0.400. The molecule has 0 saturated heterocycles. The van der Waals surface area contributed by atoms with E-state index in [4.69, 9.17) is 0 Å². The number of nitrogens with zero attached hydrogens (tertiary/aromatic N) is 2. The molecular weight excluding hydrogens is 302 g/mol. The van der Waals surface area contributed by atoms with E-state index in [2.05, 4.69) is 55.9 Å². The second-order valence-electron chi connectivity index (χ2n) is 4.78. The van der Waals surface area contributed by atoms with Gasteiger partial charge in [-0.15, -0.1) is 0 Å². The van der Waals surface area contributed by atoms with E-state index in [1.165, 1.54) is 28.4 Å². The highest BCUT2D eigenvalue weighted by Gasteiger charge is 1.99. The van der Waals surface area contributed by atoms with Crippen LogP contribution in [-0.2, 0) is 13.1 Å². The van der Waals surface area contributed by atoms with Crippen molar-refractivity contribution in [2.75, 3.05) is 6.54 Å². The number of hydrogen-bond donors (Lipinski definition) is 1. The number of aryl methyl sites for hydroxylation is 2. The zero-order valence-electron chi connectivity index (χ0n) is 11.3. The first kappa shape index (κ1) is 14.3. The van der Waals surface area contributed by atoms with Crippen LogP contribution in [0.3, 0.4) is 0 Å². The van der Waals surface area contributed by atoms with Gasteiger partial charge in [-0.25, -0.2) is 4.98 Å². The number of unbranched alkanes of at least 4 members (excludes halogenated alkanes) is 1. The number of halogens is 1. The summed E-state index contributed by atoms with van der Waals surface area (Å²) >= 11 is 3.61. The van der Waals surface area contributed by atoms with Gasteiger partial charge in [-0.05, 0) is 43.5 Å². The Morgan fingerprint density at radius 1 is 1.32 bits per heavy atom. The third kappa shape index (κ3) is 4.80. The molecule has 19 heavy (non-hydrogen) atoms. The Morgan fingerprint density at radius 3 is 2.95 bits per heavy atom. The minimum atomic E-state index is 0.923. The van der Waals surface area contributed by atoms with Gasteiger partial charge in [0.15, 0.2) is 0 Å². The summed E-state index contributed by atoms with van der Waals surface area (Å²) in [6, 6.07) is 6.49. The summed E-state index contributed by atoms with van der Waals surface area (Å²) in [6.07, 6.45) is 8.07. The molecular formula is C15H20BrN3. The maximum Gasteiger partial charge on any atom is 0.0945 e. The number of imidazole rings is 1. The third-order valence-corrected chi connectivity index (χ3v) is 3.84. The highest BCUT2D eigenvalue weighted by atomic mass is 79.9. The minimum absolute atomic E-state index is 0.923. The molecule has 0 unspecified atom stereocenters.